The van der Waals surface area contributed by atoms with Crippen molar-refractivity contribution in [1.29, 1.82) is 0 Å². The van der Waals surface area contributed by atoms with Crippen molar-refractivity contribution < 1.29 is 13.3 Å². The van der Waals surface area contributed by atoms with Crippen LogP contribution >= 0.6 is 0 Å². The quantitative estimate of drug-likeness (QED) is 0.0935. The summed E-state index contributed by atoms with van der Waals surface area (Å²) in [6.45, 7) is 8.33. The van der Waals surface area contributed by atoms with E-state index in [1.54, 1.807) is 21.3 Å². The van der Waals surface area contributed by atoms with Gasteiger partial charge in [-0.3, -0.25) is 0 Å². The van der Waals surface area contributed by atoms with Gasteiger partial charge in [-0.05, 0) is 45.3 Å². The summed E-state index contributed by atoms with van der Waals surface area (Å²) in [6, 6.07) is 0.917. The monoisotopic (exact) mass is 473 g/mol. The molecule has 0 radical (unpaired) electrons. The van der Waals surface area contributed by atoms with E-state index in [4.69, 9.17) is 13.3 Å². The number of nitrogens with zero attached hydrogens (tertiary/aromatic N) is 1. The minimum absolute atomic E-state index is 0.917. The average molecular weight is 474 g/mol. The Balaban J connectivity index is 4.12. The topological polar surface area (TPSA) is 30.9 Å². The molecule has 0 atom stereocenters. The smallest absolute Gasteiger partial charge is 0.377 e. The zero-order chi connectivity index (χ0) is 23.8. The van der Waals surface area contributed by atoms with E-state index in [1.807, 2.05) is 0 Å². The minimum Gasteiger partial charge on any atom is -0.377 e. The molecule has 194 valence electrons. The molecule has 0 aliphatic carbocycles. The molecule has 0 amide bonds. The summed E-state index contributed by atoms with van der Waals surface area (Å²) in [7, 11) is 2.75. The van der Waals surface area contributed by atoms with Crippen molar-refractivity contribution in [3.8, 4) is 0 Å². The van der Waals surface area contributed by atoms with Crippen LogP contribution in [0, 0.1) is 0 Å². The molecule has 0 aromatic carbocycles. The zero-order valence-corrected chi connectivity index (χ0v) is 23.7. The molecule has 0 spiro atoms. The number of unbranched alkanes of at least 4 members (excludes halogenated alkanes) is 15. The summed E-state index contributed by atoms with van der Waals surface area (Å²) in [4.78, 5) is 2.73. The third kappa shape index (κ3) is 18.5. The molecule has 0 aliphatic heterocycles. The van der Waals surface area contributed by atoms with Gasteiger partial charge in [0.1, 0.15) is 0 Å². The Labute approximate surface area is 203 Å². The van der Waals surface area contributed by atoms with Gasteiger partial charge in [0.2, 0.25) is 0 Å². The van der Waals surface area contributed by atoms with Crippen LogP contribution in [-0.4, -0.2) is 54.7 Å². The predicted octanol–water partition coefficient (Wildman–Crippen LogP) is 8.23. The van der Waals surface area contributed by atoms with Crippen LogP contribution in [0.15, 0.2) is 0 Å². The van der Waals surface area contributed by atoms with Gasteiger partial charge >= 0.3 is 8.80 Å². The molecule has 0 aliphatic rings. The first-order valence-corrected chi connectivity index (χ1v) is 16.0. The Kier molecular flexibility index (Phi) is 24.2. The van der Waals surface area contributed by atoms with Crippen LogP contribution in [0.1, 0.15) is 129 Å². The standard InChI is InChI=1S/C27H59NO3Si/c1-6-8-10-12-14-16-18-20-24-28(25-21-19-17-15-13-11-9-7-2)26-22-23-27-32(29-3,30-4)31-5/h6-27H2,1-5H3. The van der Waals surface area contributed by atoms with Crippen LogP contribution in [0.3, 0.4) is 0 Å². The van der Waals surface area contributed by atoms with Gasteiger partial charge in [-0.2, -0.15) is 0 Å². The van der Waals surface area contributed by atoms with Crippen LogP contribution < -0.4 is 0 Å². The van der Waals surface area contributed by atoms with Gasteiger partial charge < -0.3 is 18.2 Å². The van der Waals surface area contributed by atoms with E-state index in [1.165, 1.54) is 129 Å². The molecule has 0 heterocycles. The molecule has 0 aromatic rings. The van der Waals surface area contributed by atoms with Crippen molar-refractivity contribution >= 4 is 8.80 Å². The number of hydrogen-bond acceptors (Lipinski definition) is 4. The molecule has 5 heteroatoms. The van der Waals surface area contributed by atoms with Crippen molar-refractivity contribution in [3.05, 3.63) is 0 Å². The molecule has 0 unspecified atom stereocenters. The van der Waals surface area contributed by atoms with Gasteiger partial charge in [0.15, 0.2) is 0 Å². The van der Waals surface area contributed by atoms with E-state index in [0.717, 1.165) is 12.5 Å². The lowest BCUT2D eigenvalue weighted by Gasteiger charge is -2.26. The van der Waals surface area contributed by atoms with E-state index >= 15 is 0 Å². The average Bonchev–Trinajstić information content (AvgIpc) is 2.82. The molecular weight excluding hydrogens is 414 g/mol. The van der Waals surface area contributed by atoms with Crippen LogP contribution in [0.4, 0.5) is 0 Å². The molecule has 32 heavy (non-hydrogen) atoms. The molecule has 4 nitrogen and oxygen atoms in total. The van der Waals surface area contributed by atoms with Gasteiger partial charge in [-0.1, -0.05) is 104 Å². The molecule has 0 N–H and O–H groups in total. The first-order chi connectivity index (χ1) is 15.7. The summed E-state index contributed by atoms with van der Waals surface area (Å²) >= 11 is 0. The fraction of sp³-hybridized carbons (Fsp3) is 1.00. The van der Waals surface area contributed by atoms with Gasteiger partial charge in [0.25, 0.3) is 0 Å². The SMILES string of the molecule is CCCCCCCCCCN(CCCCCCCCCC)CCCC[Si](OC)(OC)OC. The highest BCUT2D eigenvalue weighted by molar-refractivity contribution is 6.60. The lowest BCUT2D eigenvalue weighted by atomic mass is 10.1. The number of hydrogen-bond donors (Lipinski definition) is 0. The fourth-order valence-corrected chi connectivity index (χ4v) is 6.30. The largest absolute Gasteiger partial charge is 0.500 e. The second kappa shape index (κ2) is 24.2. The van der Waals surface area contributed by atoms with Crippen molar-refractivity contribution in [1.82, 2.24) is 4.90 Å². The lowest BCUT2D eigenvalue weighted by molar-refractivity contribution is 0.122. The number of rotatable bonds is 26. The van der Waals surface area contributed by atoms with Crippen molar-refractivity contribution in [2.75, 3.05) is 41.0 Å². The van der Waals surface area contributed by atoms with Crippen molar-refractivity contribution in [2.24, 2.45) is 0 Å². The molecule has 0 aromatic heterocycles. The highest BCUT2D eigenvalue weighted by Gasteiger charge is 2.36. The summed E-state index contributed by atoms with van der Waals surface area (Å²) in [5, 5.41) is 0. The van der Waals surface area contributed by atoms with Gasteiger partial charge in [0, 0.05) is 27.4 Å². The maximum Gasteiger partial charge on any atom is 0.500 e. The fourth-order valence-electron chi connectivity index (χ4n) is 4.51. The Bertz CT molecular complexity index is 339. The molecule has 0 rings (SSSR count). The van der Waals surface area contributed by atoms with Crippen LogP contribution in [0.5, 0.6) is 0 Å². The summed E-state index contributed by atoms with van der Waals surface area (Å²) < 4.78 is 16.7. The molecular formula is C27H59NO3Si. The van der Waals surface area contributed by atoms with Crippen molar-refractivity contribution in [2.45, 2.75) is 135 Å². The van der Waals surface area contributed by atoms with Gasteiger partial charge in [-0.15, -0.1) is 0 Å². The Morgan fingerprint density at radius 1 is 0.438 bits per heavy atom. The van der Waals surface area contributed by atoms with Crippen LogP contribution in [0.25, 0.3) is 0 Å². The second-order valence-electron chi connectivity index (χ2n) is 9.54. The normalized spacial score (nSPS) is 12.2. The molecule has 0 bridgehead atoms. The van der Waals surface area contributed by atoms with Gasteiger partial charge in [-0.25, -0.2) is 0 Å². The van der Waals surface area contributed by atoms with E-state index in [-0.39, 0.29) is 0 Å². The zero-order valence-electron chi connectivity index (χ0n) is 22.7. The first-order valence-electron chi connectivity index (χ1n) is 14.1. The van der Waals surface area contributed by atoms with Crippen LogP contribution in [-0.2, 0) is 13.3 Å². The van der Waals surface area contributed by atoms with Gasteiger partial charge in [0.05, 0.1) is 0 Å². The van der Waals surface area contributed by atoms with E-state index in [9.17, 15) is 0 Å². The maximum atomic E-state index is 5.58. The Morgan fingerprint density at radius 2 is 0.750 bits per heavy atom. The predicted molar refractivity (Wildman–Crippen MR) is 142 cm³/mol. The molecule has 0 fully saturated rings. The Morgan fingerprint density at radius 3 is 1.09 bits per heavy atom. The summed E-state index contributed by atoms with van der Waals surface area (Å²) in [5.74, 6) is 0. The molecule has 0 saturated carbocycles. The minimum atomic E-state index is -2.41. The maximum absolute atomic E-state index is 5.58. The van der Waals surface area contributed by atoms with E-state index in [2.05, 4.69) is 18.7 Å². The van der Waals surface area contributed by atoms with Crippen molar-refractivity contribution in [3.63, 3.8) is 0 Å². The third-order valence-electron chi connectivity index (χ3n) is 6.80. The Hall–Kier alpha value is 0.0569. The first kappa shape index (κ1) is 32.1. The summed E-state index contributed by atoms with van der Waals surface area (Å²) in [6.07, 6.45) is 24.7. The highest BCUT2D eigenvalue weighted by atomic mass is 28.4. The third-order valence-corrected chi connectivity index (χ3v) is 9.63. The second-order valence-corrected chi connectivity index (χ2v) is 12.6. The van der Waals surface area contributed by atoms with Crippen LogP contribution in [0.2, 0.25) is 6.04 Å². The molecule has 0 saturated heterocycles. The van der Waals surface area contributed by atoms with E-state index in [0.29, 0.717) is 0 Å². The lowest BCUT2D eigenvalue weighted by Crippen LogP contribution is -2.42. The summed E-state index contributed by atoms with van der Waals surface area (Å²) in [5.41, 5.74) is 0. The van der Waals surface area contributed by atoms with E-state index < -0.39 is 8.80 Å². The highest BCUT2D eigenvalue weighted by Crippen LogP contribution is 2.17.